The average Bonchev–Trinajstić information content (AvgIpc) is 3.58. The highest BCUT2D eigenvalue weighted by Gasteiger charge is 2.50. The maximum absolute atomic E-state index is 15.0. The van der Waals surface area contributed by atoms with Gasteiger partial charge in [0, 0.05) is 67.8 Å². The van der Waals surface area contributed by atoms with Crippen molar-refractivity contribution in [1.82, 2.24) is 9.97 Å². The Kier molecular flexibility index (Phi) is 7.61. The van der Waals surface area contributed by atoms with E-state index < -0.39 is 39.4 Å². The molecular formula is C30H29ClF2N4O3S2. The van der Waals surface area contributed by atoms with Crippen molar-refractivity contribution in [3.8, 4) is 27.1 Å². The van der Waals surface area contributed by atoms with Gasteiger partial charge in [0.1, 0.15) is 10.8 Å². The van der Waals surface area contributed by atoms with E-state index in [2.05, 4.69) is 11.1 Å². The van der Waals surface area contributed by atoms with Crippen LogP contribution in [0.2, 0.25) is 5.02 Å². The summed E-state index contributed by atoms with van der Waals surface area (Å²) in [6, 6.07) is 11.6. The second kappa shape index (κ2) is 11.0. The van der Waals surface area contributed by atoms with Gasteiger partial charge >= 0.3 is 0 Å². The topological polar surface area (TPSA) is 104 Å². The van der Waals surface area contributed by atoms with Gasteiger partial charge in [0.2, 0.25) is 5.92 Å². The fraction of sp³-hybridized carbons (Fsp3) is 0.467. The number of rotatable bonds is 7. The summed E-state index contributed by atoms with van der Waals surface area (Å²) in [5.74, 6) is -4.35. The zero-order chi connectivity index (χ0) is 29.7. The second-order valence-corrected chi connectivity index (χ2v) is 15.4. The Morgan fingerprint density at radius 3 is 2.48 bits per heavy atom. The van der Waals surface area contributed by atoms with Crippen molar-refractivity contribution >= 4 is 44.2 Å². The van der Waals surface area contributed by atoms with Gasteiger partial charge in [-0.15, -0.1) is 11.3 Å². The van der Waals surface area contributed by atoms with E-state index in [0.717, 1.165) is 11.3 Å². The molecule has 2 atom stereocenters. The summed E-state index contributed by atoms with van der Waals surface area (Å²) < 4.78 is 53.7. The molecule has 2 aliphatic carbocycles. The normalized spacial score (nSPS) is 24.1. The van der Waals surface area contributed by atoms with Gasteiger partial charge in [-0.1, -0.05) is 23.7 Å². The Balaban J connectivity index is 1.39. The lowest BCUT2D eigenvalue weighted by molar-refractivity contribution is -0.129. The van der Waals surface area contributed by atoms with Crippen LogP contribution in [0.4, 0.5) is 14.5 Å². The van der Waals surface area contributed by atoms with Gasteiger partial charge in [-0.25, -0.2) is 22.2 Å². The van der Waals surface area contributed by atoms with Gasteiger partial charge in [0.15, 0.2) is 9.84 Å². The molecule has 0 radical (unpaired) electrons. The lowest BCUT2D eigenvalue weighted by atomic mass is 9.71. The number of halogens is 3. The molecule has 2 saturated carbocycles. The summed E-state index contributed by atoms with van der Waals surface area (Å²) in [6.07, 6.45) is 3.70. The van der Waals surface area contributed by atoms with Gasteiger partial charge in [-0.05, 0) is 43.0 Å². The zero-order valence-electron chi connectivity index (χ0n) is 22.7. The molecule has 1 aromatic carbocycles. The van der Waals surface area contributed by atoms with Crippen LogP contribution < -0.4 is 4.90 Å². The van der Waals surface area contributed by atoms with Crippen LogP contribution in [0.15, 0.2) is 42.7 Å². The maximum Gasteiger partial charge on any atom is 0.248 e. The number of aromatic nitrogens is 2. The van der Waals surface area contributed by atoms with Crippen LogP contribution in [0.1, 0.15) is 50.1 Å². The smallest absolute Gasteiger partial charge is 0.248 e. The van der Waals surface area contributed by atoms with Crippen molar-refractivity contribution < 1.29 is 22.0 Å². The number of carbonyl (C=O) groups excluding carboxylic acids is 1. The standard InChI is InChI=1S/C30H29ClF2N4O3S2/c31-21-13-20(16-35-17-21)28-36-26(24-14-30(32,33)6-5-23(24)25(38)15-29(18-34)7-8-29)27(41-28)19-1-3-22(4-2-19)37-9-11-42(39,40)12-10-37/h1-4,13,16-17,23-24H,5-12,14-15H2/t23-,24-/m1/s1. The van der Waals surface area contributed by atoms with Crippen LogP contribution in [0.5, 0.6) is 0 Å². The highest BCUT2D eigenvalue weighted by Crippen LogP contribution is 2.53. The van der Waals surface area contributed by atoms with Crippen LogP contribution in [-0.2, 0) is 14.6 Å². The van der Waals surface area contributed by atoms with Crippen LogP contribution >= 0.6 is 22.9 Å². The van der Waals surface area contributed by atoms with Gasteiger partial charge in [-0.2, -0.15) is 5.26 Å². The van der Waals surface area contributed by atoms with E-state index in [4.69, 9.17) is 16.6 Å². The molecule has 42 heavy (non-hydrogen) atoms. The summed E-state index contributed by atoms with van der Waals surface area (Å²) in [4.78, 5) is 25.3. The number of pyridine rings is 1. The lowest BCUT2D eigenvalue weighted by Gasteiger charge is -2.35. The van der Waals surface area contributed by atoms with Crippen molar-refractivity contribution in [2.75, 3.05) is 29.5 Å². The number of hydrogen-bond acceptors (Lipinski definition) is 8. The Hall–Kier alpha value is -2.94. The molecule has 3 fully saturated rings. The molecule has 0 N–H and O–H groups in total. The number of sulfone groups is 1. The minimum Gasteiger partial charge on any atom is -0.369 e. The van der Waals surface area contributed by atoms with E-state index in [1.165, 1.54) is 17.5 Å². The Morgan fingerprint density at radius 1 is 1.12 bits per heavy atom. The quantitative estimate of drug-likeness (QED) is 0.292. The highest BCUT2D eigenvalue weighted by atomic mass is 35.5. The lowest BCUT2D eigenvalue weighted by Crippen LogP contribution is -2.40. The molecule has 2 aromatic heterocycles. The maximum atomic E-state index is 15.0. The molecule has 0 amide bonds. The van der Waals surface area contributed by atoms with Gasteiger partial charge < -0.3 is 4.90 Å². The third-order valence-corrected chi connectivity index (χ3v) is 11.6. The van der Waals surface area contributed by atoms with Crippen LogP contribution in [-0.4, -0.2) is 54.7 Å². The third kappa shape index (κ3) is 6.08. The molecule has 1 saturated heterocycles. The molecule has 3 heterocycles. The number of hydrogen-bond donors (Lipinski definition) is 0. The Morgan fingerprint density at radius 2 is 1.83 bits per heavy atom. The van der Waals surface area contributed by atoms with E-state index in [1.54, 1.807) is 12.3 Å². The van der Waals surface area contributed by atoms with Crippen LogP contribution in [0.3, 0.4) is 0 Å². The summed E-state index contributed by atoms with van der Waals surface area (Å²) >= 11 is 7.54. The zero-order valence-corrected chi connectivity index (χ0v) is 25.1. The largest absolute Gasteiger partial charge is 0.369 e. The number of nitriles is 1. The minimum absolute atomic E-state index is 0.0415. The molecule has 12 heteroatoms. The predicted molar refractivity (Wildman–Crippen MR) is 159 cm³/mol. The number of alkyl halides is 2. The first kappa shape index (κ1) is 29.1. The number of nitrogens with zero attached hydrogens (tertiary/aromatic N) is 4. The first-order valence-electron chi connectivity index (χ1n) is 14.0. The van der Waals surface area contributed by atoms with Gasteiger partial charge in [0.05, 0.1) is 38.6 Å². The SMILES string of the molecule is N#CC1(CC(=O)[C@@H]2CCC(F)(F)C[C@H]2c2nc(-c3cncc(Cl)c3)sc2-c2ccc(N3CCS(=O)(=O)CC3)cc2)CC1. The predicted octanol–water partition coefficient (Wildman–Crippen LogP) is 6.54. The van der Waals surface area contributed by atoms with Crippen molar-refractivity contribution in [3.05, 3.63) is 53.4 Å². The summed E-state index contributed by atoms with van der Waals surface area (Å²) in [6.45, 7) is 0.815. The second-order valence-electron chi connectivity index (χ2n) is 11.7. The van der Waals surface area contributed by atoms with Crippen molar-refractivity contribution in [1.29, 1.82) is 5.26 Å². The van der Waals surface area contributed by atoms with Crippen LogP contribution in [0, 0.1) is 22.7 Å². The number of Topliss-reactive ketones (excluding diaryl/α,β-unsaturated/α-hetero) is 1. The minimum atomic E-state index is -3.02. The first-order chi connectivity index (χ1) is 20.0. The highest BCUT2D eigenvalue weighted by molar-refractivity contribution is 7.91. The number of carbonyl (C=O) groups is 1. The first-order valence-corrected chi connectivity index (χ1v) is 17.0. The Bertz CT molecular complexity index is 1650. The van der Waals surface area contributed by atoms with Crippen molar-refractivity contribution in [3.63, 3.8) is 0 Å². The van der Waals surface area contributed by atoms with Gasteiger partial charge in [0.25, 0.3) is 0 Å². The molecule has 1 aliphatic heterocycles. The number of ketones is 1. The van der Waals surface area contributed by atoms with Gasteiger partial charge in [-0.3, -0.25) is 9.78 Å². The number of anilines is 1. The number of thiazole rings is 1. The monoisotopic (exact) mass is 630 g/mol. The fourth-order valence-corrected chi connectivity index (χ4v) is 8.48. The van der Waals surface area contributed by atoms with Crippen LogP contribution in [0.25, 0.3) is 21.0 Å². The molecule has 3 aromatic rings. The molecule has 0 unspecified atom stereocenters. The molecule has 7 nitrogen and oxygen atoms in total. The van der Waals surface area contributed by atoms with Crippen molar-refractivity contribution in [2.45, 2.75) is 50.4 Å². The average molecular weight is 631 g/mol. The molecule has 0 spiro atoms. The summed E-state index contributed by atoms with van der Waals surface area (Å²) in [5.41, 5.74) is 2.09. The molecular weight excluding hydrogens is 602 g/mol. The Labute approximate surface area is 252 Å². The molecule has 220 valence electrons. The van der Waals surface area contributed by atoms with E-state index in [0.29, 0.717) is 52.1 Å². The van der Waals surface area contributed by atoms with E-state index in [-0.39, 0.29) is 36.6 Å². The number of benzene rings is 1. The molecule has 3 aliphatic rings. The summed E-state index contributed by atoms with van der Waals surface area (Å²) in [7, 11) is -3.02. The molecule has 6 rings (SSSR count). The van der Waals surface area contributed by atoms with Crippen molar-refractivity contribution in [2.24, 2.45) is 11.3 Å². The summed E-state index contributed by atoms with van der Waals surface area (Å²) in [5, 5.41) is 10.6. The van der Waals surface area contributed by atoms with E-state index >= 15 is 0 Å². The fourth-order valence-electron chi connectivity index (χ4n) is 5.99. The van der Waals surface area contributed by atoms with E-state index in [9.17, 15) is 27.3 Å². The van der Waals surface area contributed by atoms with E-state index in [1.807, 2.05) is 29.2 Å². The molecule has 0 bridgehead atoms. The third-order valence-electron chi connectivity index (χ3n) is 8.64.